The van der Waals surface area contributed by atoms with Crippen molar-refractivity contribution in [2.45, 2.75) is 0 Å². The quantitative estimate of drug-likeness (QED) is 0.625. The molecular weight excluding hydrogens is 302 g/mol. The lowest BCUT2D eigenvalue weighted by molar-refractivity contribution is 0.0689. The van der Waals surface area contributed by atoms with Crippen molar-refractivity contribution in [3.8, 4) is 22.5 Å². The van der Waals surface area contributed by atoms with Gasteiger partial charge in [0.05, 0.1) is 5.69 Å². The smallest absolute Gasteiger partial charge is 0.356 e. The summed E-state index contributed by atoms with van der Waals surface area (Å²) in [5, 5.41) is 14.2. The molecule has 5 heteroatoms. The molecule has 0 fully saturated rings. The number of imidazole rings is 1. The van der Waals surface area contributed by atoms with Gasteiger partial charge in [0.2, 0.25) is 0 Å². The first-order valence-corrected chi connectivity index (χ1v) is 7.48. The van der Waals surface area contributed by atoms with Crippen LogP contribution in [0.1, 0.15) is 10.5 Å². The zero-order valence-corrected chi connectivity index (χ0v) is 12.6. The van der Waals surface area contributed by atoms with Gasteiger partial charge in [-0.3, -0.25) is 0 Å². The average Bonchev–Trinajstić information content (AvgIpc) is 3.02. The summed E-state index contributed by atoms with van der Waals surface area (Å²) >= 11 is 0. The Labute approximate surface area is 137 Å². The number of carboxylic acids is 1. The highest BCUT2D eigenvalue weighted by molar-refractivity contribution is 5.94. The van der Waals surface area contributed by atoms with Crippen LogP contribution < -0.4 is 0 Å². The van der Waals surface area contributed by atoms with E-state index in [1.54, 1.807) is 6.07 Å². The summed E-state index contributed by atoms with van der Waals surface area (Å²) in [6.07, 6.45) is 0. The minimum absolute atomic E-state index is 0.0639. The molecule has 0 amide bonds. The van der Waals surface area contributed by atoms with Gasteiger partial charge < -0.3 is 5.11 Å². The maximum absolute atomic E-state index is 11.8. The van der Waals surface area contributed by atoms with Crippen LogP contribution in [0.25, 0.3) is 28.2 Å². The SMILES string of the molecule is O=C(O)c1c(-c2ccccc2)nc2ccc(-c3ccccc3)nn12. The summed E-state index contributed by atoms with van der Waals surface area (Å²) in [6.45, 7) is 0. The molecule has 0 aliphatic rings. The first-order chi connectivity index (χ1) is 11.7. The van der Waals surface area contributed by atoms with Gasteiger partial charge in [-0.1, -0.05) is 60.7 Å². The molecule has 24 heavy (non-hydrogen) atoms. The lowest BCUT2D eigenvalue weighted by Crippen LogP contribution is -2.06. The summed E-state index contributed by atoms with van der Waals surface area (Å²) < 4.78 is 1.40. The molecule has 0 aliphatic heterocycles. The number of nitrogens with zero attached hydrogens (tertiary/aromatic N) is 3. The Morgan fingerprint density at radius 3 is 2.08 bits per heavy atom. The molecule has 0 bridgehead atoms. The lowest BCUT2D eigenvalue weighted by atomic mass is 10.1. The molecule has 4 rings (SSSR count). The fourth-order valence-corrected chi connectivity index (χ4v) is 2.69. The second kappa shape index (κ2) is 5.62. The number of rotatable bonds is 3. The Hall–Kier alpha value is -3.47. The Bertz CT molecular complexity index is 1020. The molecule has 0 atom stereocenters. The second-order valence-electron chi connectivity index (χ2n) is 5.33. The minimum atomic E-state index is -1.06. The molecule has 1 N–H and O–H groups in total. The monoisotopic (exact) mass is 315 g/mol. The fourth-order valence-electron chi connectivity index (χ4n) is 2.69. The van der Waals surface area contributed by atoms with E-state index in [1.165, 1.54) is 4.52 Å². The molecule has 0 saturated carbocycles. The number of carbonyl (C=O) groups is 1. The van der Waals surface area contributed by atoms with Crippen molar-refractivity contribution >= 4 is 11.6 Å². The van der Waals surface area contributed by atoms with E-state index in [0.29, 0.717) is 17.0 Å². The Balaban J connectivity index is 1.97. The highest BCUT2D eigenvalue weighted by Gasteiger charge is 2.21. The molecule has 0 radical (unpaired) electrons. The van der Waals surface area contributed by atoms with Crippen molar-refractivity contribution < 1.29 is 9.90 Å². The second-order valence-corrected chi connectivity index (χ2v) is 5.33. The lowest BCUT2D eigenvalue weighted by Gasteiger charge is -2.03. The third-order valence-corrected chi connectivity index (χ3v) is 3.80. The van der Waals surface area contributed by atoms with Crippen LogP contribution in [0.15, 0.2) is 72.8 Å². The molecule has 0 unspecified atom stereocenters. The molecule has 2 heterocycles. The topological polar surface area (TPSA) is 67.5 Å². The number of fused-ring (bicyclic) bond motifs is 1. The van der Waals surface area contributed by atoms with Gasteiger partial charge in [-0.05, 0) is 12.1 Å². The van der Waals surface area contributed by atoms with E-state index in [0.717, 1.165) is 11.1 Å². The van der Waals surface area contributed by atoms with Gasteiger partial charge in [0.1, 0.15) is 5.69 Å². The maximum Gasteiger partial charge on any atom is 0.356 e. The molecule has 0 saturated heterocycles. The first kappa shape index (κ1) is 14.1. The highest BCUT2D eigenvalue weighted by Crippen LogP contribution is 2.25. The summed E-state index contributed by atoms with van der Waals surface area (Å²) in [5.41, 5.74) is 3.36. The van der Waals surface area contributed by atoms with Gasteiger partial charge in [-0.2, -0.15) is 5.10 Å². The zero-order valence-electron chi connectivity index (χ0n) is 12.6. The number of carboxylic acid groups (broad SMARTS) is 1. The third-order valence-electron chi connectivity index (χ3n) is 3.80. The zero-order chi connectivity index (χ0) is 16.5. The average molecular weight is 315 g/mol. The van der Waals surface area contributed by atoms with Crippen LogP contribution in [0, 0.1) is 0 Å². The molecule has 116 valence electrons. The van der Waals surface area contributed by atoms with Gasteiger partial charge in [-0.15, -0.1) is 0 Å². The van der Waals surface area contributed by atoms with E-state index in [1.807, 2.05) is 66.7 Å². The summed E-state index contributed by atoms with van der Waals surface area (Å²) in [4.78, 5) is 16.3. The minimum Gasteiger partial charge on any atom is -0.476 e. The van der Waals surface area contributed by atoms with Crippen LogP contribution in [-0.2, 0) is 0 Å². The Kier molecular flexibility index (Phi) is 3.31. The van der Waals surface area contributed by atoms with Crippen LogP contribution >= 0.6 is 0 Å². The van der Waals surface area contributed by atoms with Gasteiger partial charge in [0.15, 0.2) is 11.3 Å². The number of aromatic carboxylic acids is 1. The van der Waals surface area contributed by atoms with Crippen LogP contribution in [0.2, 0.25) is 0 Å². The van der Waals surface area contributed by atoms with Crippen molar-refractivity contribution in [1.29, 1.82) is 0 Å². The van der Waals surface area contributed by atoms with Crippen molar-refractivity contribution in [1.82, 2.24) is 14.6 Å². The number of hydrogen-bond acceptors (Lipinski definition) is 3. The van der Waals surface area contributed by atoms with Crippen LogP contribution in [0.3, 0.4) is 0 Å². The maximum atomic E-state index is 11.8. The molecular formula is C19H13N3O2. The standard InChI is InChI=1S/C19H13N3O2/c23-19(24)18-17(14-9-5-2-6-10-14)20-16-12-11-15(21-22(16)18)13-7-3-1-4-8-13/h1-12H,(H,23,24). The molecule has 2 aromatic carbocycles. The van der Waals surface area contributed by atoms with E-state index >= 15 is 0 Å². The Morgan fingerprint density at radius 2 is 1.46 bits per heavy atom. The summed E-state index contributed by atoms with van der Waals surface area (Å²) in [7, 11) is 0. The van der Waals surface area contributed by atoms with E-state index in [9.17, 15) is 9.90 Å². The van der Waals surface area contributed by atoms with Crippen LogP contribution in [0.5, 0.6) is 0 Å². The predicted molar refractivity (Wildman–Crippen MR) is 90.8 cm³/mol. The van der Waals surface area contributed by atoms with E-state index in [-0.39, 0.29) is 5.69 Å². The first-order valence-electron chi connectivity index (χ1n) is 7.48. The fraction of sp³-hybridized carbons (Fsp3) is 0. The van der Waals surface area contributed by atoms with Gasteiger partial charge in [0, 0.05) is 11.1 Å². The van der Waals surface area contributed by atoms with Crippen LogP contribution in [0.4, 0.5) is 0 Å². The number of aromatic nitrogens is 3. The summed E-state index contributed by atoms with van der Waals surface area (Å²) in [6, 6.07) is 22.5. The molecule has 5 nitrogen and oxygen atoms in total. The predicted octanol–water partition coefficient (Wildman–Crippen LogP) is 3.76. The van der Waals surface area contributed by atoms with Gasteiger partial charge in [-0.25, -0.2) is 14.3 Å². The van der Waals surface area contributed by atoms with Crippen molar-refractivity contribution in [3.63, 3.8) is 0 Å². The molecule has 4 aromatic rings. The molecule has 0 aliphatic carbocycles. The van der Waals surface area contributed by atoms with Crippen LogP contribution in [-0.4, -0.2) is 25.7 Å². The van der Waals surface area contributed by atoms with Crippen molar-refractivity contribution in [3.05, 3.63) is 78.5 Å². The summed E-state index contributed by atoms with van der Waals surface area (Å²) in [5.74, 6) is -1.06. The van der Waals surface area contributed by atoms with Gasteiger partial charge >= 0.3 is 5.97 Å². The van der Waals surface area contributed by atoms with E-state index in [4.69, 9.17) is 0 Å². The largest absolute Gasteiger partial charge is 0.476 e. The van der Waals surface area contributed by atoms with Gasteiger partial charge in [0.25, 0.3) is 0 Å². The normalized spacial score (nSPS) is 10.8. The van der Waals surface area contributed by atoms with Crippen molar-refractivity contribution in [2.75, 3.05) is 0 Å². The van der Waals surface area contributed by atoms with E-state index < -0.39 is 5.97 Å². The number of hydrogen-bond donors (Lipinski definition) is 1. The number of benzene rings is 2. The van der Waals surface area contributed by atoms with E-state index in [2.05, 4.69) is 10.1 Å². The Morgan fingerprint density at radius 1 is 0.833 bits per heavy atom. The highest BCUT2D eigenvalue weighted by atomic mass is 16.4. The third kappa shape index (κ3) is 2.32. The molecule has 2 aromatic heterocycles. The molecule has 0 spiro atoms. The van der Waals surface area contributed by atoms with Crippen molar-refractivity contribution in [2.24, 2.45) is 0 Å².